The molecule has 1 aromatic rings. The van der Waals surface area contributed by atoms with E-state index in [9.17, 15) is 0 Å². The van der Waals surface area contributed by atoms with Crippen LogP contribution in [0.4, 0.5) is 0 Å². The minimum absolute atomic E-state index is 0.756. The fraction of sp³-hybridized carbons (Fsp3) is 0.222. The number of hydrogen-bond donors (Lipinski definition) is 0. The Kier molecular flexibility index (Phi) is 3.14. The minimum atomic E-state index is 0.756. The lowest BCUT2D eigenvalue weighted by Crippen LogP contribution is -1.99. The lowest BCUT2D eigenvalue weighted by molar-refractivity contribution is 0.798. The van der Waals surface area contributed by atoms with Crippen molar-refractivity contribution in [2.24, 2.45) is 0 Å². The van der Waals surface area contributed by atoms with Gasteiger partial charge in [-0.05, 0) is 36.4 Å². The summed E-state index contributed by atoms with van der Waals surface area (Å²) in [6.07, 6.45) is 7.40. The predicted molar refractivity (Wildman–Crippen MR) is 51.8 cm³/mol. The number of rotatable bonds is 3. The normalized spacial score (nSPS) is 12.3. The average Bonchev–Trinajstić information content (AvgIpc) is 2.51. The number of aryl methyl sites for hydroxylation is 1. The highest BCUT2D eigenvalue weighted by Crippen LogP contribution is 2.05. The maximum Gasteiger partial charge on any atom is 0.153 e. The molecule has 0 radical (unpaired) electrons. The van der Waals surface area contributed by atoms with Crippen LogP contribution in [0.1, 0.15) is 12.7 Å². The molecule has 0 aliphatic rings. The highest BCUT2D eigenvalue weighted by molar-refractivity contribution is 5.57. The SMILES string of the molecule is C=C/C=C(\C=C/C)n1nnnc1C. The first-order valence-corrected chi connectivity index (χ1v) is 4.00. The zero-order valence-corrected chi connectivity index (χ0v) is 7.81. The Morgan fingerprint density at radius 3 is 2.77 bits per heavy atom. The van der Waals surface area contributed by atoms with Gasteiger partial charge in [-0.3, -0.25) is 0 Å². The largest absolute Gasteiger partial charge is 0.198 e. The summed E-state index contributed by atoms with van der Waals surface area (Å²) in [4.78, 5) is 0. The molecule has 0 aliphatic heterocycles. The Hall–Kier alpha value is -1.71. The number of aromatic nitrogens is 4. The Labute approximate surface area is 77.3 Å². The fourth-order valence-corrected chi connectivity index (χ4v) is 0.959. The van der Waals surface area contributed by atoms with Gasteiger partial charge in [-0.2, -0.15) is 4.68 Å². The van der Waals surface area contributed by atoms with Crippen molar-refractivity contribution < 1.29 is 0 Å². The van der Waals surface area contributed by atoms with Crippen LogP contribution in [-0.4, -0.2) is 20.2 Å². The molecule has 0 amide bonds. The fourth-order valence-electron chi connectivity index (χ4n) is 0.959. The van der Waals surface area contributed by atoms with Crippen LogP contribution < -0.4 is 0 Å². The molecule has 0 aromatic carbocycles. The molecule has 1 rings (SSSR count). The molecule has 0 bridgehead atoms. The lowest BCUT2D eigenvalue weighted by Gasteiger charge is -2.00. The van der Waals surface area contributed by atoms with Gasteiger partial charge in [-0.25, -0.2) is 0 Å². The van der Waals surface area contributed by atoms with Crippen LogP contribution in [0.5, 0.6) is 0 Å². The summed E-state index contributed by atoms with van der Waals surface area (Å²) < 4.78 is 1.65. The molecule has 1 aromatic heterocycles. The van der Waals surface area contributed by atoms with Crippen molar-refractivity contribution in [1.29, 1.82) is 0 Å². The smallest absolute Gasteiger partial charge is 0.153 e. The van der Waals surface area contributed by atoms with E-state index in [2.05, 4.69) is 22.1 Å². The molecule has 13 heavy (non-hydrogen) atoms. The van der Waals surface area contributed by atoms with E-state index in [-0.39, 0.29) is 0 Å². The van der Waals surface area contributed by atoms with E-state index in [0.717, 1.165) is 11.5 Å². The highest BCUT2D eigenvalue weighted by Gasteiger charge is 2.01. The molecule has 4 nitrogen and oxygen atoms in total. The maximum absolute atomic E-state index is 3.84. The summed E-state index contributed by atoms with van der Waals surface area (Å²) in [5, 5.41) is 11.2. The van der Waals surface area contributed by atoms with Crippen molar-refractivity contribution >= 4 is 5.70 Å². The van der Waals surface area contributed by atoms with Gasteiger partial charge in [-0.15, -0.1) is 5.10 Å². The van der Waals surface area contributed by atoms with E-state index in [4.69, 9.17) is 0 Å². The third-order valence-corrected chi connectivity index (χ3v) is 1.50. The summed E-state index contributed by atoms with van der Waals surface area (Å²) >= 11 is 0. The first-order valence-electron chi connectivity index (χ1n) is 4.00. The van der Waals surface area contributed by atoms with Gasteiger partial charge in [0, 0.05) is 0 Å². The van der Waals surface area contributed by atoms with Crippen LogP contribution in [0.15, 0.2) is 30.9 Å². The van der Waals surface area contributed by atoms with Gasteiger partial charge in [0.1, 0.15) is 0 Å². The van der Waals surface area contributed by atoms with Crippen LogP contribution in [0, 0.1) is 6.92 Å². The van der Waals surface area contributed by atoms with Gasteiger partial charge in [0.2, 0.25) is 0 Å². The van der Waals surface area contributed by atoms with Crippen LogP contribution in [0.25, 0.3) is 5.70 Å². The van der Waals surface area contributed by atoms with Crippen molar-refractivity contribution in [3.05, 3.63) is 36.7 Å². The molecule has 0 saturated heterocycles. The molecule has 0 atom stereocenters. The molecular weight excluding hydrogens is 164 g/mol. The van der Waals surface area contributed by atoms with Gasteiger partial charge in [-0.1, -0.05) is 18.7 Å². The van der Waals surface area contributed by atoms with Crippen molar-refractivity contribution in [2.75, 3.05) is 0 Å². The molecule has 1 heterocycles. The van der Waals surface area contributed by atoms with Crippen LogP contribution >= 0.6 is 0 Å². The zero-order chi connectivity index (χ0) is 9.68. The van der Waals surface area contributed by atoms with Crippen molar-refractivity contribution in [3.63, 3.8) is 0 Å². The standard InChI is InChI=1S/C9H12N4/c1-4-6-9(7-5-2)13-8(3)10-11-12-13/h4-7H,1H2,2-3H3/b7-5-,9-6+. The van der Waals surface area contributed by atoms with E-state index >= 15 is 0 Å². The Morgan fingerprint density at radius 1 is 1.54 bits per heavy atom. The number of tetrazole rings is 1. The maximum atomic E-state index is 3.84. The number of hydrogen-bond acceptors (Lipinski definition) is 3. The van der Waals surface area contributed by atoms with Crippen molar-refractivity contribution in [2.45, 2.75) is 13.8 Å². The summed E-state index contributed by atoms with van der Waals surface area (Å²) in [6.45, 7) is 7.42. The second kappa shape index (κ2) is 4.35. The lowest BCUT2D eigenvalue weighted by atomic mass is 10.3. The summed E-state index contributed by atoms with van der Waals surface area (Å²) in [5.74, 6) is 0.756. The Bertz CT molecular complexity index is 346. The molecule has 0 aliphatic carbocycles. The van der Waals surface area contributed by atoms with Crippen LogP contribution in [0.3, 0.4) is 0 Å². The molecule has 0 spiro atoms. The Morgan fingerprint density at radius 2 is 2.31 bits per heavy atom. The zero-order valence-electron chi connectivity index (χ0n) is 7.81. The molecule has 0 N–H and O–H groups in total. The van der Waals surface area contributed by atoms with E-state index in [1.165, 1.54) is 0 Å². The third-order valence-electron chi connectivity index (χ3n) is 1.50. The van der Waals surface area contributed by atoms with E-state index < -0.39 is 0 Å². The summed E-state index contributed by atoms with van der Waals surface area (Å²) in [7, 11) is 0. The van der Waals surface area contributed by atoms with Crippen LogP contribution in [0.2, 0.25) is 0 Å². The van der Waals surface area contributed by atoms with Gasteiger partial charge >= 0.3 is 0 Å². The third kappa shape index (κ3) is 2.11. The minimum Gasteiger partial charge on any atom is -0.198 e. The number of allylic oxidation sites excluding steroid dienone is 5. The predicted octanol–water partition coefficient (Wildman–Crippen LogP) is 1.58. The van der Waals surface area contributed by atoms with E-state index in [1.807, 2.05) is 32.1 Å². The van der Waals surface area contributed by atoms with Gasteiger partial charge < -0.3 is 0 Å². The van der Waals surface area contributed by atoms with Crippen molar-refractivity contribution in [3.8, 4) is 0 Å². The Balaban J connectivity index is 3.09. The molecule has 0 saturated carbocycles. The van der Waals surface area contributed by atoms with Gasteiger partial charge in [0.25, 0.3) is 0 Å². The second-order valence-electron chi connectivity index (χ2n) is 2.47. The summed E-state index contributed by atoms with van der Waals surface area (Å²) in [5.41, 5.74) is 0.903. The molecule has 4 heteroatoms. The van der Waals surface area contributed by atoms with E-state index in [1.54, 1.807) is 10.8 Å². The van der Waals surface area contributed by atoms with Gasteiger partial charge in [0.15, 0.2) is 5.82 Å². The average molecular weight is 176 g/mol. The summed E-state index contributed by atoms with van der Waals surface area (Å²) in [6, 6.07) is 0. The quantitative estimate of drug-likeness (QED) is 0.657. The van der Waals surface area contributed by atoms with Gasteiger partial charge in [0.05, 0.1) is 5.70 Å². The van der Waals surface area contributed by atoms with E-state index in [0.29, 0.717) is 0 Å². The number of nitrogens with zero attached hydrogens (tertiary/aromatic N) is 4. The monoisotopic (exact) mass is 176 g/mol. The van der Waals surface area contributed by atoms with Crippen LogP contribution in [-0.2, 0) is 0 Å². The first-order chi connectivity index (χ1) is 6.29. The molecule has 68 valence electrons. The molecule has 0 fully saturated rings. The molecular formula is C9H12N4. The first kappa shape index (κ1) is 9.38. The topological polar surface area (TPSA) is 43.6 Å². The van der Waals surface area contributed by atoms with Crippen molar-refractivity contribution in [1.82, 2.24) is 20.2 Å². The highest BCUT2D eigenvalue weighted by atomic mass is 15.5. The molecule has 0 unspecified atom stereocenters. The second-order valence-corrected chi connectivity index (χ2v) is 2.47.